The van der Waals surface area contributed by atoms with E-state index < -0.39 is 5.78 Å². The summed E-state index contributed by atoms with van der Waals surface area (Å²) in [5, 5.41) is 4.38. The van der Waals surface area contributed by atoms with E-state index in [1.807, 2.05) is 18.2 Å². The van der Waals surface area contributed by atoms with Crippen molar-refractivity contribution in [3.05, 3.63) is 40.0 Å². The molecule has 0 atom stereocenters. The van der Waals surface area contributed by atoms with Crippen molar-refractivity contribution in [1.82, 2.24) is 9.97 Å². The third kappa shape index (κ3) is 4.54. The van der Waals surface area contributed by atoms with Crippen molar-refractivity contribution in [3.63, 3.8) is 0 Å². The van der Waals surface area contributed by atoms with Gasteiger partial charge in [0.15, 0.2) is 23.6 Å². The summed E-state index contributed by atoms with van der Waals surface area (Å²) in [5.41, 5.74) is 2.15. The lowest BCUT2D eigenvalue weighted by molar-refractivity contribution is -0.129. The topological polar surface area (TPSA) is 90.4 Å². The van der Waals surface area contributed by atoms with Gasteiger partial charge in [-0.15, -0.1) is 11.3 Å². The molecule has 7 nitrogen and oxygen atoms in total. The van der Waals surface area contributed by atoms with E-state index >= 15 is 0 Å². The number of nitrogens with one attached hydrogen (secondary N) is 1. The fourth-order valence-electron chi connectivity index (χ4n) is 3.00. The van der Waals surface area contributed by atoms with E-state index in [0.29, 0.717) is 36.6 Å². The molecule has 0 bridgehead atoms. The number of hydrogen-bond acceptors (Lipinski definition) is 8. The molecule has 3 aromatic rings. The Bertz CT molecular complexity index is 1060. The lowest BCUT2D eigenvalue weighted by Crippen LogP contribution is -2.08. The number of benzene rings is 1. The van der Waals surface area contributed by atoms with E-state index in [1.54, 1.807) is 25.6 Å². The maximum Gasteiger partial charge on any atom is 0.195 e. The van der Waals surface area contributed by atoms with Gasteiger partial charge >= 0.3 is 0 Å². The van der Waals surface area contributed by atoms with Gasteiger partial charge in [0.05, 0.1) is 19.6 Å². The zero-order valence-electron chi connectivity index (χ0n) is 16.9. The summed E-state index contributed by atoms with van der Waals surface area (Å²) < 4.78 is 10.7. The molecule has 8 heteroatoms. The van der Waals surface area contributed by atoms with Crippen LogP contribution in [-0.4, -0.2) is 36.3 Å². The predicted molar refractivity (Wildman–Crippen MR) is 113 cm³/mol. The third-order valence-corrected chi connectivity index (χ3v) is 5.81. The molecule has 0 spiro atoms. The van der Waals surface area contributed by atoms with Crippen LogP contribution < -0.4 is 14.8 Å². The highest BCUT2D eigenvalue weighted by atomic mass is 32.1. The Balaban J connectivity index is 1.90. The predicted octanol–water partition coefficient (Wildman–Crippen LogP) is 3.64. The number of ether oxygens (including phenoxy) is 2. The Hall–Kier alpha value is -3.00. The van der Waals surface area contributed by atoms with Crippen molar-refractivity contribution in [2.45, 2.75) is 33.2 Å². The number of carbonyl (C=O) groups is 2. The molecule has 1 aromatic carbocycles. The van der Waals surface area contributed by atoms with Crippen molar-refractivity contribution in [1.29, 1.82) is 0 Å². The lowest BCUT2D eigenvalue weighted by atomic mass is 10.1. The number of aldehydes is 1. The van der Waals surface area contributed by atoms with Crippen molar-refractivity contribution in [2.75, 3.05) is 19.5 Å². The lowest BCUT2D eigenvalue weighted by Gasteiger charge is -2.12. The second kappa shape index (κ2) is 9.00. The maximum absolute atomic E-state index is 11.4. The first kappa shape index (κ1) is 20.7. The van der Waals surface area contributed by atoms with E-state index in [9.17, 15) is 9.59 Å². The summed E-state index contributed by atoms with van der Waals surface area (Å²) in [6.07, 6.45) is 0.774. The molecule has 0 unspecified atom stereocenters. The number of hydrogen-bond donors (Lipinski definition) is 1. The SMILES string of the molecule is COc1ccc(CNc2nc(CCC(=O)C=O)nc3sc(C)c(C)c23)cc1OC. The number of carbonyl (C=O) groups excluding carboxylic acids is 2. The van der Waals surface area contributed by atoms with Crippen LogP contribution in [0.4, 0.5) is 5.82 Å². The molecular formula is C21H23N3O4S. The molecule has 2 heterocycles. The van der Waals surface area contributed by atoms with Gasteiger partial charge in [-0.05, 0) is 37.1 Å². The number of fused-ring (bicyclic) bond motifs is 1. The molecule has 0 fully saturated rings. The van der Waals surface area contributed by atoms with Crippen molar-refractivity contribution < 1.29 is 19.1 Å². The molecule has 0 aliphatic heterocycles. The Morgan fingerprint density at radius 1 is 1.17 bits per heavy atom. The first-order valence-corrected chi connectivity index (χ1v) is 9.97. The average molecular weight is 413 g/mol. The number of aromatic nitrogens is 2. The van der Waals surface area contributed by atoms with E-state index in [0.717, 1.165) is 27.2 Å². The van der Waals surface area contributed by atoms with Crippen LogP contribution in [0.3, 0.4) is 0 Å². The van der Waals surface area contributed by atoms with E-state index in [4.69, 9.17) is 9.47 Å². The number of Topliss-reactive ketones (excluding diaryl/α,β-unsaturated/α-hetero) is 1. The van der Waals surface area contributed by atoms with Crippen molar-refractivity contribution in [2.24, 2.45) is 0 Å². The quantitative estimate of drug-likeness (QED) is 0.423. The normalized spacial score (nSPS) is 10.8. The Labute approximate surface area is 173 Å². The van der Waals surface area contributed by atoms with Gasteiger partial charge in [0.1, 0.15) is 16.5 Å². The van der Waals surface area contributed by atoms with Crippen molar-refractivity contribution in [3.8, 4) is 11.5 Å². The average Bonchev–Trinajstić information content (AvgIpc) is 3.03. The first-order chi connectivity index (χ1) is 14.0. The number of ketones is 1. The van der Waals surface area contributed by atoms with Crippen LogP contribution in [0.15, 0.2) is 18.2 Å². The third-order valence-electron chi connectivity index (χ3n) is 4.71. The van der Waals surface area contributed by atoms with Crippen molar-refractivity contribution >= 4 is 39.4 Å². The minimum atomic E-state index is -0.452. The van der Waals surface area contributed by atoms with Crippen LogP contribution >= 0.6 is 11.3 Å². The summed E-state index contributed by atoms with van der Waals surface area (Å²) in [6.45, 7) is 4.64. The van der Waals surface area contributed by atoms with Crippen LogP contribution in [-0.2, 0) is 22.6 Å². The maximum atomic E-state index is 11.4. The van der Waals surface area contributed by atoms with Crippen LogP contribution in [0.2, 0.25) is 0 Å². The minimum Gasteiger partial charge on any atom is -0.493 e. The minimum absolute atomic E-state index is 0.105. The molecule has 0 aliphatic carbocycles. The summed E-state index contributed by atoms with van der Waals surface area (Å²) in [4.78, 5) is 33.2. The largest absolute Gasteiger partial charge is 0.493 e. The summed E-state index contributed by atoms with van der Waals surface area (Å²) in [6, 6.07) is 5.74. The van der Waals surface area contributed by atoms with Gasteiger partial charge in [-0.25, -0.2) is 9.97 Å². The molecule has 3 rings (SSSR count). The highest BCUT2D eigenvalue weighted by molar-refractivity contribution is 7.18. The van der Waals surface area contributed by atoms with Gasteiger partial charge in [0.25, 0.3) is 0 Å². The number of aryl methyl sites for hydroxylation is 3. The molecule has 1 N–H and O–H groups in total. The monoisotopic (exact) mass is 413 g/mol. The van der Waals surface area contributed by atoms with E-state index in [-0.39, 0.29) is 6.42 Å². The summed E-state index contributed by atoms with van der Waals surface area (Å²) in [7, 11) is 3.21. The van der Waals surface area contributed by atoms with Crippen LogP contribution in [0.5, 0.6) is 11.5 Å². The van der Waals surface area contributed by atoms with Gasteiger partial charge < -0.3 is 14.8 Å². The number of methoxy groups -OCH3 is 2. The number of thiophene rings is 1. The number of nitrogens with zero attached hydrogens (tertiary/aromatic N) is 2. The molecular weight excluding hydrogens is 390 g/mol. The Morgan fingerprint density at radius 2 is 1.93 bits per heavy atom. The molecule has 2 aromatic heterocycles. The van der Waals surface area contributed by atoms with Crippen LogP contribution in [0.1, 0.15) is 28.2 Å². The van der Waals surface area contributed by atoms with E-state index in [1.165, 1.54) is 4.88 Å². The van der Waals surface area contributed by atoms with E-state index in [2.05, 4.69) is 29.1 Å². The van der Waals surface area contributed by atoms with Gasteiger partial charge in [-0.2, -0.15) is 0 Å². The second-order valence-corrected chi connectivity index (χ2v) is 7.78. The van der Waals surface area contributed by atoms with Gasteiger partial charge in [-0.1, -0.05) is 6.07 Å². The Kier molecular flexibility index (Phi) is 6.43. The molecule has 0 saturated carbocycles. The highest BCUT2D eigenvalue weighted by Gasteiger charge is 2.15. The van der Waals surface area contributed by atoms with Crippen LogP contribution in [0, 0.1) is 13.8 Å². The fourth-order valence-corrected chi connectivity index (χ4v) is 4.05. The first-order valence-electron chi connectivity index (χ1n) is 9.16. The zero-order valence-corrected chi connectivity index (χ0v) is 17.7. The zero-order chi connectivity index (χ0) is 21.0. The summed E-state index contributed by atoms with van der Waals surface area (Å²) in [5.74, 6) is 2.15. The van der Waals surface area contributed by atoms with Crippen LogP contribution in [0.25, 0.3) is 10.2 Å². The number of anilines is 1. The molecule has 29 heavy (non-hydrogen) atoms. The second-order valence-electron chi connectivity index (χ2n) is 6.58. The fraction of sp³-hybridized carbons (Fsp3) is 0.333. The molecule has 0 aliphatic rings. The molecule has 0 radical (unpaired) electrons. The summed E-state index contributed by atoms with van der Waals surface area (Å²) >= 11 is 1.60. The van der Waals surface area contributed by atoms with Gasteiger partial charge in [0, 0.05) is 24.3 Å². The standard InChI is InChI=1S/C21H23N3O4S/c1-12-13(2)29-21-19(12)20(23-18(24-21)8-6-15(26)11-25)22-10-14-5-7-16(27-3)17(9-14)28-4/h5,7,9,11H,6,8,10H2,1-4H3,(H,22,23,24). The Morgan fingerprint density at radius 3 is 2.62 bits per heavy atom. The van der Waals surface area contributed by atoms with Gasteiger partial charge in [-0.3, -0.25) is 9.59 Å². The highest BCUT2D eigenvalue weighted by Crippen LogP contribution is 2.34. The smallest absolute Gasteiger partial charge is 0.195 e. The molecule has 0 amide bonds. The number of rotatable bonds is 9. The molecule has 0 saturated heterocycles. The van der Waals surface area contributed by atoms with Gasteiger partial charge in [0.2, 0.25) is 0 Å². The molecule has 152 valence electrons.